The van der Waals surface area contributed by atoms with Crippen LogP contribution in [0.3, 0.4) is 0 Å². The first-order valence-electron chi connectivity index (χ1n) is 8.64. The molecule has 0 bridgehead atoms. The quantitative estimate of drug-likeness (QED) is 0.870. The second-order valence-corrected chi connectivity index (χ2v) is 6.02. The van der Waals surface area contributed by atoms with E-state index in [4.69, 9.17) is 4.74 Å². The van der Waals surface area contributed by atoms with Crippen LogP contribution in [-0.4, -0.2) is 25.6 Å². The Morgan fingerprint density at radius 3 is 2.46 bits per heavy atom. The Hall–Kier alpha value is -2.49. The van der Waals surface area contributed by atoms with Gasteiger partial charge in [0.25, 0.3) is 0 Å². The van der Waals surface area contributed by atoms with Gasteiger partial charge in [0.15, 0.2) is 0 Å². The van der Waals surface area contributed by atoms with Gasteiger partial charge in [-0.25, -0.2) is 0 Å². The highest BCUT2D eigenvalue weighted by atomic mass is 16.5. The number of amides is 1. The molecule has 126 valence electrons. The highest BCUT2D eigenvalue weighted by molar-refractivity contribution is 5.94. The number of piperidine rings is 1. The fourth-order valence-corrected chi connectivity index (χ4v) is 2.98. The molecule has 2 aromatic carbocycles. The highest BCUT2D eigenvalue weighted by Crippen LogP contribution is 2.28. The summed E-state index contributed by atoms with van der Waals surface area (Å²) in [6.07, 6.45) is 4.06. The van der Waals surface area contributed by atoms with E-state index in [0.717, 1.165) is 30.2 Å². The number of benzene rings is 2. The SMILES string of the molecule is O=C(CCOc1ccccc1)Nc1ccccc1N1CCCCC1. The number of carbonyl (C=O) groups excluding carboxylic acids is 1. The van der Waals surface area contributed by atoms with Crippen LogP contribution in [0.4, 0.5) is 11.4 Å². The van der Waals surface area contributed by atoms with Crippen molar-refractivity contribution >= 4 is 17.3 Å². The first kappa shape index (κ1) is 16.4. The number of anilines is 2. The van der Waals surface area contributed by atoms with Crippen molar-refractivity contribution in [3.05, 3.63) is 54.6 Å². The van der Waals surface area contributed by atoms with Crippen LogP contribution in [0.15, 0.2) is 54.6 Å². The molecule has 3 rings (SSSR count). The van der Waals surface area contributed by atoms with Crippen molar-refractivity contribution in [2.45, 2.75) is 25.7 Å². The van der Waals surface area contributed by atoms with Gasteiger partial charge in [0.05, 0.1) is 24.4 Å². The summed E-state index contributed by atoms with van der Waals surface area (Å²) < 4.78 is 5.59. The third kappa shape index (κ3) is 4.51. The lowest BCUT2D eigenvalue weighted by molar-refractivity contribution is -0.116. The second-order valence-electron chi connectivity index (χ2n) is 6.02. The summed E-state index contributed by atoms with van der Waals surface area (Å²) in [5, 5.41) is 3.03. The number of hydrogen-bond acceptors (Lipinski definition) is 3. The topological polar surface area (TPSA) is 41.6 Å². The fourth-order valence-electron chi connectivity index (χ4n) is 2.98. The van der Waals surface area contributed by atoms with Crippen LogP contribution in [0.2, 0.25) is 0 Å². The van der Waals surface area contributed by atoms with Crippen LogP contribution < -0.4 is 15.0 Å². The summed E-state index contributed by atoms with van der Waals surface area (Å²) in [5.74, 6) is 0.773. The van der Waals surface area contributed by atoms with Gasteiger partial charge in [-0.2, -0.15) is 0 Å². The van der Waals surface area contributed by atoms with Gasteiger partial charge < -0.3 is 15.0 Å². The van der Waals surface area contributed by atoms with E-state index in [1.807, 2.05) is 48.5 Å². The molecule has 0 spiro atoms. The number of nitrogens with one attached hydrogen (secondary N) is 1. The van der Waals surface area contributed by atoms with Crippen LogP contribution >= 0.6 is 0 Å². The molecule has 0 unspecified atom stereocenters. The van der Waals surface area contributed by atoms with Crippen molar-refractivity contribution in [3.8, 4) is 5.75 Å². The molecular weight excluding hydrogens is 300 g/mol. The molecule has 4 heteroatoms. The maximum absolute atomic E-state index is 12.2. The summed E-state index contributed by atoms with van der Waals surface area (Å²) in [6.45, 7) is 2.50. The van der Waals surface area contributed by atoms with Crippen LogP contribution in [0.25, 0.3) is 0 Å². The summed E-state index contributed by atoms with van der Waals surface area (Å²) in [7, 11) is 0. The Labute approximate surface area is 143 Å². The molecule has 1 heterocycles. The molecule has 0 saturated carbocycles. The summed E-state index contributed by atoms with van der Waals surface area (Å²) >= 11 is 0. The Kier molecular flexibility index (Phi) is 5.72. The lowest BCUT2D eigenvalue weighted by Crippen LogP contribution is -2.30. The number of para-hydroxylation sites is 3. The molecule has 24 heavy (non-hydrogen) atoms. The van der Waals surface area contributed by atoms with Gasteiger partial charge >= 0.3 is 0 Å². The molecule has 1 aliphatic rings. The van der Waals surface area contributed by atoms with E-state index < -0.39 is 0 Å². The Morgan fingerprint density at radius 2 is 1.67 bits per heavy atom. The zero-order valence-electron chi connectivity index (χ0n) is 13.9. The first-order valence-corrected chi connectivity index (χ1v) is 8.64. The van der Waals surface area contributed by atoms with Crippen LogP contribution in [0.5, 0.6) is 5.75 Å². The Morgan fingerprint density at radius 1 is 0.958 bits per heavy atom. The number of rotatable bonds is 6. The van der Waals surface area contributed by atoms with E-state index in [9.17, 15) is 4.79 Å². The Balaban J connectivity index is 1.54. The van der Waals surface area contributed by atoms with E-state index in [1.165, 1.54) is 19.3 Å². The normalized spacial score (nSPS) is 14.2. The molecule has 0 atom stereocenters. The number of nitrogens with zero attached hydrogens (tertiary/aromatic N) is 1. The third-order valence-corrected chi connectivity index (χ3v) is 4.22. The molecule has 1 fully saturated rings. The van der Waals surface area contributed by atoms with Crippen molar-refractivity contribution in [1.82, 2.24) is 0 Å². The van der Waals surface area contributed by atoms with Gasteiger partial charge in [-0.1, -0.05) is 30.3 Å². The maximum atomic E-state index is 12.2. The minimum absolute atomic E-state index is 0.0182. The molecule has 4 nitrogen and oxygen atoms in total. The van der Waals surface area contributed by atoms with Crippen LogP contribution in [0.1, 0.15) is 25.7 Å². The zero-order valence-corrected chi connectivity index (χ0v) is 13.9. The van der Waals surface area contributed by atoms with Gasteiger partial charge in [0.2, 0.25) is 5.91 Å². The number of hydrogen-bond donors (Lipinski definition) is 1. The van der Waals surface area contributed by atoms with E-state index in [-0.39, 0.29) is 5.91 Å². The van der Waals surface area contributed by atoms with E-state index in [1.54, 1.807) is 0 Å². The smallest absolute Gasteiger partial charge is 0.227 e. The molecule has 1 aliphatic heterocycles. The van der Waals surface area contributed by atoms with Crippen molar-refractivity contribution in [1.29, 1.82) is 0 Å². The van der Waals surface area contributed by atoms with Crippen molar-refractivity contribution in [2.75, 3.05) is 29.9 Å². The van der Waals surface area contributed by atoms with Crippen molar-refractivity contribution in [2.24, 2.45) is 0 Å². The molecule has 1 amide bonds. The number of ether oxygens (including phenoxy) is 1. The van der Waals surface area contributed by atoms with E-state index in [2.05, 4.69) is 16.3 Å². The predicted molar refractivity (Wildman–Crippen MR) is 97.7 cm³/mol. The van der Waals surface area contributed by atoms with Gasteiger partial charge in [-0.05, 0) is 43.5 Å². The minimum Gasteiger partial charge on any atom is -0.493 e. The van der Waals surface area contributed by atoms with E-state index in [0.29, 0.717) is 13.0 Å². The average molecular weight is 324 g/mol. The maximum Gasteiger partial charge on any atom is 0.227 e. The summed E-state index contributed by atoms with van der Waals surface area (Å²) in [4.78, 5) is 14.6. The molecule has 0 radical (unpaired) electrons. The van der Waals surface area contributed by atoms with Gasteiger partial charge in [0, 0.05) is 13.1 Å². The zero-order chi connectivity index (χ0) is 16.6. The first-order chi connectivity index (χ1) is 11.8. The minimum atomic E-state index is -0.0182. The summed E-state index contributed by atoms with van der Waals surface area (Å²) in [6, 6.07) is 17.6. The van der Waals surface area contributed by atoms with Gasteiger partial charge in [-0.3, -0.25) is 4.79 Å². The van der Waals surface area contributed by atoms with Crippen LogP contribution in [0, 0.1) is 0 Å². The molecule has 0 aromatic heterocycles. The summed E-state index contributed by atoms with van der Waals surface area (Å²) in [5.41, 5.74) is 2.01. The molecule has 1 saturated heterocycles. The fraction of sp³-hybridized carbons (Fsp3) is 0.350. The molecule has 2 aromatic rings. The monoisotopic (exact) mass is 324 g/mol. The van der Waals surface area contributed by atoms with E-state index >= 15 is 0 Å². The van der Waals surface area contributed by atoms with Crippen molar-refractivity contribution in [3.63, 3.8) is 0 Å². The Bertz CT molecular complexity index is 652. The van der Waals surface area contributed by atoms with Gasteiger partial charge in [-0.15, -0.1) is 0 Å². The molecule has 1 N–H and O–H groups in total. The lowest BCUT2D eigenvalue weighted by Gasteiger charge is -2.30. The van der Waals surface area contributed by atoms with Gasteiger partial charge in [0.1, 0.15) is 5.75 Å². The highest BCUT2D eigenvalue weighted by Gasteiger charge is 2.15. The van der Waals surface area contributed by atoms with Crippen molar-refractivity contribution < 1.29 is 9.53 Å². The molecular formula is C20H24N2O2. The lowest BCUT2D eigenvalue weighted by atomic mass is 10.1. The third-order valence-electron chi connectivity index (χ3n) is 4.22. The number of carbonyl (C=O) groups is 1. The second kappa shape index (κ2) is 8.39. The largest absolute Gasteiger partial charge is 0.493 e. The molecule has 0 aliphatic carbocycles. The predicted octanol–water partition coefficient (Wildman–Crippen LogP) is 4.08. The van der Waals surface area contributed by atoms with Crippen LogP contribution in [-0.2, 0) is 4.79 Å². The average Bonchev–Trinajstić information content (AvgIpc) is 2.64. The standard InChI is InChI=1S/C20H24N2O2/c23-20(13-16-24-17-9-3-1-4-10-17)21-18-11-5-6-12-19(18)22-14-7-2-8-15-22/h1,3-6,9-12H,2,7-8,13-16H2,(H,21,23).